The number of likely N-dealkylation sites (N-methyl/N-ethyl adjacent to an activating group) is 1. The summed E-state index contributed by atoms with van der Waals surface area (Å²) >= 11 is 5.06. The van der Waals surface area contributed by atoms with E-state index in [4.69, 9.17) is 11.5 Å². The van der Waals surface area contributed by atoms with Crippen molar-refractivity contribution in [1.29, 1.82) is 0 Å². The van der Waals surface area contributed by atoms with Crippen LogP contribution in [-0.4, -0.2) is 30.4 Å². The molecule has 0 saturated carbocycles. The molecule has 0 saturated heterocycles. The molecule has 0 aliphatic heterocycles. The average Bonchev–Trinajstić information content (AvgIpc) is 2.50. The van der Waals surface area contributed by atoms with Crippen LogP contribution in [0.1, 0.15) is 4.88 Å². The van der Waals surface area contributed by atoms with Crippen LogP contribution in [0, 0.1) is 0 Å². The van der Waals surface area contributed by atoms with Crippen LogP contribution in [0.4, 0.5) is 0 Å². The monoisotopic (exact) mass is 291 g/mol. The first-order valence-corrected chi connectivity index (χ1v) is 6.12. The van der Waals surface area contributed by atoms with Gasteiger partial charge in [-0.1, -0.05) is 0 Å². The maximum Gasteiger partial charge on any atom is 0.235 e. The number of primary amides is 1. The zero-order valence-electron chi connectivity index (χ0n) is 8.44. The van der Waals surface area contributed by atoms with E-state index in [2.05, 4.69) is 22.0 Å². The first-order chi connectivity index (χ1) is 6.99. The lowest BCUT2D eigenvalue weighted by Crippen LogP contribution is -2.44. The molecule has 1 atom stereocenters. The molecular weight excluding hydrogens is 278 g/mol. The molecule has 0 spiro atoms. The molecule has 4 N–H and O–H groups in total. The predicted octanol–water partition coefficient (Wildman–Crippen LogP) is 0.755. The summed E-state index contributed by atoms with van der Waals surface area (Å²) in [6.45, 7) is 1.25. The van der Waals surface area contributed by atoms with Crippen LogP contribution < -0.4 is 11.5 Å². The second kappa shape index (κ2) is 5.60. The van der Waals surface area contributed by atoms with E-state index in [0.717, 1.165) is 11.0 Å². The molecule has 1 aromatic rings. The molecular formula is C9H14BrN3OS. The summed E-state index contributed by atoms with van der Waals surface area (Å²) in [6.07, 6.45) is 0. The third-order valence-corrected chi connectivity index (χ3v) is 3.60. The number of hydrogen-bond donors (Lipinski definition) is 2. The van der Waals surface area contributed by atoms with Crippen molar-refractivity contribution in [1.82, 2.24) is 4.90 Å². The van der Waals surface area contributed by atoms with Crippen LogP contribution in [0.3, 0.4) is 0 Å². The fraction of sp³-hybridized carbons (Fsp3) is 0.444. The molecule has 1 amide bonds. The fourth-order valence-corrected chi connectivity index (χ4v) is 2.72. The molecule has 1 aromatic heterocycles. The Balaban J connectivity index is 2.42. The summed E-state index contributed by atoms with van der Waals surface area (Å²) < 4.78 is 1.08. The Bertz CT molecular complexity index is 342. The van der Waals surface area contributed by atoms with Gasteiger partial charge in [0, 0.05) is 27.8 Å². The van der Waals surface area contributed by atoms with Crippen LogP contribution in [0.25, 0.3) is 0 Å². The van der Waals surface area contributed by atoms with E-state index in [0.29, 0.717) is 6.54 Å². The molecule has 0 aliphatic carbocycles. The molecule has 1 rings (SSSR count). The number of nitrogens with zero attached hydrogens (tertiary/aromatic N) is 1. The lowest BCUT2D eigenvalue weighted by atomic mass is 10.3. The van der Waals surface area contributed by atoms with Crippen molar-refractivity contribution in [3.63, 3.8) is 0 Å². The highest BCUT2D eigenvalue weighted by molar-refractivity contribution is 9.10. The van der Waals surface area contributed by atoms with Gasteiger partial charge in [0.1, 0.15) is 0 Å². The zero-order chi connectivity index (χ0) is 11.4. The van der Waals surface area contributed by atoms with Gasteiger partial charge >= 0.3 is 0 Å². The number of thiophene rings is 1. The summed E-state index contributed by atoms with van der Waals surface area (Å²) in [5.41, 5.74) is 10.6. The summed E-state index contributed by atoms with van der Waals surface area (Å²) in [6, 6.07) is 1.45. The second-order valence-corrected chi connectivity index (χ2v) is 5.35. The molecule has 0 radical (unpaired) electrons. The molecule has 1 unspecified atom stereocenters. The van der Waals surface area contributed by atoms with Crippen LogP contribution in [-0.2, 0) is 11.3 Å². The quantitative estimate of drug-likeness (QED) is 0.841. The molecule has 6 heteroatoms. The minimum Gasteiger partial charge on any atom is -0.368 e. The number of halogens is 1. The Morgan fingerprint density at radius 1 is 1.73 bits per heavy atom. The number of rotatable bonds is 5. The van der Waals surface area contributed by atoms with E-state index in [-0.39, 0.29) is 0 Å². The highest BCUT2D eigenvalue weighted by Gasteiger charge is 2.12. The summed E-state index contributed by atoms with van der Waals surface area (Å²) in [7, 11) is 1.91. The molecule has 0 aromatic carbocycles. The number of amides is 1. The number of hydrogen-bond acceptors (Lipinski definition) is 4. The second-order valence-electron chi connectivity index (χ2n) is 3.44. The minimum atomic E-state index is -0.599. The van der Waals surface area contributed by atoms with E-state index >= 15 is 0 Å². The number of carbonyl (C=O) groups excluding carboxylic acids is 1. The standard InChI is InChI=1S/C9H14BrN3OS/c1-13(4-8(11)9(12)14)3-7-2-6(10)5-15-7/h2,5,8H,3-4,11H2,1H3,(H2,12,14). The minimum absolute atomic E-state index is 0.464. The van der Waals surface area contributed by atoms with Crippen LogP contribution in [0.15, 0.2) is 15.9 Å². The SMILES string of the molecule is CN(Cc1cc(Br)cs1)CC(N)C(N)=O. The Morgan fingerprint density at radius 3 is 2.87 bits per heavy atom. The maximum atomic E-state index is 10.8. The van der Waals surface area contributed by atoms with Crippen molar-refractivity contribution < 1.29 is 4.79 Å². The van der Waals surface area contributed by atoms with Crippen molar-refractivity contribution in [2.24, 2.45) is 11.5 Å². The summed E-state index contributed by atoms with van der Waals surface area (Å²) in [5.74, 6) is -0.464. The smallest absolute Gasteiger partial charge is 0.235 e. The molecule has 4 nitrogen and oxygen atoms in total. The normalized spacial score (nSPS) is 13.1. The molecule has 15 heavy (non-hydrogen) atoms. The lowest BCUT2D eigenvalue weighted by Gasteiger charge is -2.18. The topological polar surface area (TPSA) is 72.3 Å². The average molecular weight is 292 g/mol. The molecule has 84 valence electrons. The van der Waals surface area contributed by atoms with Crippen molar-refractivity contribution in [3.8, 4) is 0 Å². The maximum absolute atomic E-state index is 10.8. The van der Waals surface area contributed by atoms with Gasteiger partial charge in [-0.15, -0.1) is 11.3 Å². The van der Waals surface area contributed by atoms with Gasteiger partial charge in [-0.2, -0.15) is 0 Å². The van der Waals surface area contributed by atoms with Crippen molar-refractivity contribution in [2.45, 2.75) is 12.6 Å². The third-order valence-electron chi connectivity index (χ3n) is 1.92. The van der Waals surface area contributed by atoms with Crippen LogP contribution in [0.2, 0.25) is 0 Å². The Morgan fingerprint density at radius 2 is 2.40 bits per heavy atom. The predicted molar refractivity (Wildman–Crippen MR) is 65.5 cm³/mol. The fourth-order valence-electron chi connectivity index (χ4n) is 1.19. The van der Waals surface area contributed by atoms with Crippen molar-refractivity contribution in [3.05, 3.63) is 20.8 Å². The van der Waals surface area contributed by atoms with E-state index in [1.807, 2.05) is 17.3 Å². The number of carbonyl (C=O) groups is 1. The van der Waals surface area contributed by atoms with E-state index < -0.39 is 11.9 Å². The molecule has 0 bridgehead atoms. The Hall–Kier alpha value is -0.430. The van der Waals surface area contributed by atoms with E-state index in [1.165, 1.54) is 4.88 Å². The molecule has 0 fully saturated rings. The number of nitrogens with two attached hydrogens (primary N) is 2. The first kappa shape index (κ1) is 12.6. The van der Waals surface area contributed by atoms with Gasteiger partial charge in [0.05, 0.1) is 6.04 Å². The van der Waals surface area contributed by atoms with Gasteiger partial charge in [-0.05, 0) is 29.0 Å². The Kier molecular flexibility index (Phi) is 4.72. The van der Waals surface area contributed by atoms with Gasteiger partial charge in [0.25, 0.3) is 0 Å². The van der Waals surface area contributed by atoms with Crippen LogP contribution in [0.5, 0.6) is 0 Å². The highest BCUT2D eigenvalue weighted by Crippen LogP contribution is 2.20. The van der Waals surface area contributed by atoms with E-state index in [1.54, 1.807) is 11.3 Å². The van der Waals surface area contributed by atoms with E-state index in [9.17, 15) is 4.79 Å². The van der Waals surface area contributed by atoms with Crippen molar-refractivity contribution in [2.75, 3.05) is 13.6 Å². The Labute approximate surface area is 101 Å². The first-order valence-electron chi connectivity index (χ1n) is 4.45. The van der Waals surface area contributed by atoms with Gasteiger partial charge in [0.2, 0.25) is 5.91 Å². The molecule has 1 heterocycles. The molecule has 0 aliphatic rings. The summed E-state index contributed by atoms with van der Waals surface area (Å²) in [5, 5.41) is 2.02. The highest BCUT2D eigenvalue weighted by atomic mass is 79.9. The van der Waals surface area contributed by atoms with Crippen molar-refractivity contribution >= 4 is 33.2 Å². The zero-order valence-corrected chi connectivity index (χ0v) is 10.8. The third kappa shape index (κ3) is 4.29. The summed E-state index contributed by atoms with van der Waals surface area (Å²) in [4.78, 5) is 14.0. The van der Waals surface area contributed by atoms with Gasteiger partial charge in [-0.3, -0.25) is 9.69 Å². The van der Waals surface area contributed by atoms with Gasteiger partial charge in [-0.25, -0.2) is 0 Å². The lowest BCUT2D eigenvalue weighted by molar-refractivity contribution is -0.119. The largest absolute Gasteiger partial charge is 0.368 e. The van der Waals surface area contributed by atoms with Gasteiger partial charge in [0.15, 0.2) is 0 Å². The van der Waals surface area contributed by atoms with Gasteiger partial charge < -0.3 is 11.5 Å². The van der Waals surface area contributed by atoms with Crippen LogP contribution >= 0.6 is 27.3 Å².